The third-order valence-electron chi connectivity index (χ3n) is 1.45. The molecule has 0 rings (SSSR count). The van der Waals surface area contributed by atoms with E-state index in [1.807, 2.05) is 20.8 Å². The molecular formula is C8H16N2O2S. The number of nitriles is 1. The van der Waals surface area contributed by atoms with Gasteiger partial charge in [-0.05, 0) is 12.3 Å². The Hall–Kier alpha value is -0.600. The summed E-state index contributed by atoms with van der Waals surface area (Å²) in [6.45, 7) is 7.48. The van der Waals surface area contributed by atoms with Gasteiger partial charge in [0.1, 0.15) is 0 Å². The Balaban J connectivity index is 4.32. The Morgan fingerprint density at radius 2 is 1.92 bits per heavy atom. The predicted octanol–water partition coefficient (Wildman–Crippen LogP) is 0.864. The smallest absolute Gasteiger partial charge is 0.214 e. The molecule has 0 saturated heterocycles. The Kier molecular flexibility index (Phi) is 3.88. The van der Waals surface area contributed by atoms with Crippen LogP contribution in [0, 0.1) is 16.7 Å². The molecule has 0 aromatic rings. The molecule has 0 aromatic heterocycles. The first-order valence-corrected chi connectivity index (χ1v) is 5.62. The average molecular weight is 204 g/mol. The van der Waals surface area contributed by atoms with Gasteiger partial charge in [-0.15, -0.1) is 0 Å². The maximum atomic E-state index is 11.3. The van der Waals surface area contributed by atoms with E-state index in [1.165, 1.54) is 6.92 Å². The SMILES string of the molecule is CC(C#N)S(=O)(=O)NCC(C)(C)C. The van der Waals surface area contributed by atoms with E-state index in [4.69, 9.17) is 5.26 Å². The molecule has 13 heavy (non-hydrogen) atoms. The predicted molar refractivity (Wildman–Crippen MR) is 51.5 cm³/mol. The normalized spacial score (nSPS) is 15.0. The Labute approximate surface area is 80.0 Å². The van der Waals surface area contributed by atoms with Gasteiger partial charge in [-0.1, -0.05) is 20.8 Å². The minimum Gasteiger partial charge on any atom is -0.214 e. The Morgan fingerprint density at radius 3 is 2.23 bits per heavy atom. The van der Waals surface area contributed by atoms with Gasteiger partial charge in [0.15, 0.2) is 5.25 Å². The third kappa shape index (κ3) is 4.86. The van der Waals surface area contributed by atoms with Crippen molar-refractivity contribution in [3.63, 3.8) is 0 Å². The maximum Gasteiger partial charge on any atom is 0.227 e. The summed E-state index contributed by atoms with van der Waals surface area (Å²) in [6.07, 6.45) is 0. The van der Waals surface area contributed by atoms with Gasteiger partial charge in [0.2, 0.25) is 10.0 Å². The van der Waals surface area contributed by atoms with Gasteiger partial charge in [0.05, 0.1) is 6.07 Å². The lowest BCUT2D eigenvalue weighted by Crippen LogP contribution is -2.37. The van der Waals surface area contributed by atoms with Gasteiger partial charge < -0.3 is 0 Å². The second-order valence-electron chi connectivity index (χ2n) is 4.20. The van der Waals surface area contributed by atoms with E-state index in [9.17, 15) is 8.42 Å². The van der Waals surface area contributed by atoms with E-state index >= 15 is 0 Å². The van der Waals surface area contributed by atoms with Crippen LogP contribution in [0.3, 0.4) is 0 Å². The van der Waals surface area contributed by atoms with Crippen LogP contribution in [0.15, 0.2) is 0 Å². The second kappa shape index (κ2) is 4.07. The highest BCUT2D eigenvalue weighted by Crippen LogP contribution is 2.11. The van der Waals surface area contributed by atoms with Crippen molar-refractivity contribution >= 4 is 10.0 Å². The van der Waals surface area contributed by atoms with E-state index in [0.717, 1.165) is 0 Å². The molecule has 0 radical (unpaired) electrons. The molecule has 0 spiro atoms. The zero-order valence-corrected chi connectivity index (χ0v) is 9.27. The van der Waals surface area contributed by atoms with E-state index in [0.29, 0.717) is 6.54 Å². The van der Waals surface area contributed by atoms with Crippen LogP contribution in [0.2, 0.25) is 0 Å². The van der Waals surface area contributed by atoms with E-state index in [1.54, 1.807) is 6.07 Å². The van der Waals surface area contributed by atoms with Gasteiger partial charge in [-0.25, -0.2) is 13.1 Å². The molecule has 5 heteroatoms. The summed E-state index contributed by atoms with van der Waals surface area (Å²) in [5, 5.41) is 7.44. The fraction of sp³-hybridized carbons (Fsp3) is 0.875. The van der Waals surface area contributed by atoms with Crippen LogP contribution >= 0.6 is 0 Å². The minimum absolute atomic E-state index is 0.109. The van der Waals surface area contributed by atoms with Gasteiger partial charge in [-0.3, -0.25) is 0 Å². The van der Waals surface area contributed by atoms with Gasteiger partial charge in [0, 0.05) is 6.54 Å². The lowest BCUT2D eigenvalue weighted by Gasteiger charge is -2.19. The first kappa shape index (κ1) is 12.4. The van der Waals surface area contributed by atoms with Crippen LogP contribution in [-0.2, 0) is 10.0 Å². The van der Waals surface area contributed by atoms with Crippen LogP contribution in [-0.4, -0.2) is 20.2 Å². The van der Waals surface area contributed by atoms with Gasteiger partial charge in [-0.2, -0.15) is 5.26 Å². The molecule has 0 aliphatic rings. The van der Waals surface area contributed by atoms with Crippen LogP contribution in [0.25, 0.3) is 0 Å². The number of rotatable bonds is 3. The zero-order valence-electron chi connectivity index (χ0n) is 8.46. The second-order valence-corrected chi connectivity index (χ2v) is 6.28. The summed E-state index contributed by atoms with van der Waals surface area (Å²) in [5.41, 5.74) is -0.109. The molecule has 0 aromatic carbocycles. The van der Waals surface area contributed by atoms with Crippen LogP contribution in [0.1, 0.15) is 27.7 Å². The van der Waals surface area contributed by atoms with E-state index in [2.05, 4.69) is 4.72 Å². The summed E-state index contributed by atoms with van der Waals surface area (Å²) < 4.78 is 24.9. The first-order chi connectivity index (χ1) is 5.69. The Morgan fingerprint density at radius 1 is 1.46 bits per heavy atom. The lowest BCUT2D eigenvalue weighted by atomic mass is 9.98. The molecule has 1 N–H and O–H groups in total. The molecule has 0 aliphatic heterocycles. The van der Waals surface area contributed by atoms with Crippen molar-refractivity contribution in [3.05, 3.63) is 0 Å². The molecular weight excluding hydrogens is 188 g/mol. The zero-order chi connectivity index (χ0) is 10.7. The van der Waals surface area contributed by atoms with Gasteiger partial charge in [0.25, 0.3) is 0 Å². The summed E-state index contributed by atoms with van der Waals surface area (Å²) in [4.78, 5) is 0. The summed E-state index contributed by atoms with van der Waals surface area (Å²) >= 11 is 0. The highest BCUT2D eigenvalue weighted by Gasteiger charge is 2.22. The van der Waals surface area contributed by atoms with Crippen LogP contribution < -0.4 is 4.72 Å². The molecule has 0 heterocycles. The Bertz CT molecular complexity index is 295. The van der Waals surface area contributed by atoms with Crippen molar-refractivity contribution in [1.82, 2.24) is 4.72 Å². The molecule has 1 unspecified atom stereocenters. The number of sulfonamides is 1. The lowest BCUT2D eigenvalue weighted by molar-refractivity contribution is 0.407. The van der Waals surface area contributed by atoms with Crippen molar-refractivity contribution in [2.24, 2.45) is 5.41 Å². The monoisotopic (exact) mass is 204 g/mol. The molecule has 0 bridgehead atoms. The summed E-state index contributed by atoms with van der Waals surface area (Å²) in [7, 11) is -3.45. The topological polar surface area (TPSA) is 70.0 Å². The quantitative estimate of drug-likeness (QED) is 0.741. The third-order valence-corrected chi connectivity index (χ3v) is 3.03. The van der Waals surface area contributed by atoms with Crippen LogP contribution in [0.5, 0.6) is 0 Å². The molecule has 0 amide bonds. The molecule has 0 saturated carbocycles. The van der Waals surface area contributed by atoms with Crippen molar-refractivity contribution in [3.8, 4) is 6.07 Å². The highest BCUT2D eigenvalue weighted by molar-refractivity contribution is 7.90. The summed E-state index contributed by atoms with van der Waals surface area (Å²) in [6, 6.07) is 1.69. The molecule has 0 fully saturated rings. The number of nitrogens with zero attached hydrogens (tertiary/aromatic N) is 1. The van der Waals surface area contributed by atoms with E-state index < -0.39 is 15.3 Å². The van der Waals surface area contributed by atoms with Crippen molar-refractivity contribution in [1.29, 1.82) is 5.26 Å². The first-order valence-electron chi connectivity index (χ1n) is 4.07. The molecule has 0 aliphatic carbocycles. The maximum absolute atomic E-state index is 11.3. The molecule has 4 nitrogen and oxygen atoms in total. The van der Waals surface area contributed by atoms with Crippen molar-refractivity contribution in [2.45, 2.75) is 32.9 Å². The number of nitrogens with one attached hydrogen (secondary N) is 1. The fourth-order valence-electron chi connectivity index (χ4n) is 0.511. The molecule has 1 atom stereocenters. The molecule has 76 valence electrons. The van der Waals surface area contributed by atoms with E-state index in [-0.39, 0.29) is 5.41 Å². The highest BCUT2D eigenvalue weighted by atomic mass is 32.2. The fourth-order valence-corrected chi connectivity index (χ4v) is 1.53. The number of hydrogen-bond acceptors (Lipinski definition) is 3. The van der Waals surface area contributed by atoms with Crippen LogP contribution in [0.4, 0.5) is 0 Å². The van der Waals surface area contributed by atoms with Crippen molar-refractivity contribution in [2.75, 3.05) is 6.54 Å². The van der Waals surface area contributed by atoms with Crippen molar-refractivity contribution < 1.29 is 8.42 Å². The van der Waals surface area contributed by atoms with Gasteiger partial charge >= 0.3 is 0 Å². The summed E-state index contributed by atoms with van der Waals surface area (Å²) in [5.74, 6) is 0. The largest absolute Gasteiger partial charge is 0.227 e. The standard InChI is InChI=1S/C8H16N2O2S/c1-7(5-9)13(11,12)10-6-8(2,3)4/h7,10H,6H2,1-4H3. The minimum atomic E-state index is -3.45. The number of hydrogen-bond donors (Lipinski definition) is 1. The average Bonchev–Trinajstić information content (AvgIpc) is 1.98.